The summed E-state index contributed by atoms with van der Waals surface area (Å²) < 4.78 is 19.2. The number of esters is 1. The van der Waals surface area contributed by atoms with E-state index in [4.69, 9.17) is 19.2 Å². The van der Waals surface area contributed by atoms with Gasteiger partial charge in [-0.15, -0.1) is 0 Å². The minimum Gasteiger partial charge on any atom is -0.489 e. The largest absolute Gasteiger partial charge is 0.489 e. The number of aliphatic carboxylic acids is 1. The van der Waals surface area contributed by atoms with Crippen molar-refractivity contribution in [2.75, 3.05) is 26.7 Å². The molecule has 1 N–H and O–H groups in total. The number of aromatic nitrogens is 2. The minimum atomic E-state index is -1.09. The van der Waals surface area contributed by atoms with Crippen molar-refractivity contribution in [3.63, 3.8) is 0 Å². The second-order valence-electron chi connectivity index (χ2n) is 14.8. The number of hydrogen-bond acceptors (Lipinski definition) is 9. The van der Waals surface area contributed by atoms with Gasteiger partial charge in [0.15, 0.2) is 0 Å². The number of carboxylic acid groups (broad SMARTS) is 1. The maximum atomic E-state index is 14.1. The molecule has 1 amide bonds. The summed E-state index contributed by atoms with van der Waals surface area (Å²) in [7, 11) is 2.12. The maximum absolute atomic E-state index is 14.1. The molecule has 0 spiro atoms. The summed E-state index contributed by atoms with van der Waals surface area (Å²) in [5.74, 6) is -1.04. The number of carbonyl (C=O) groups is 3. The van der Waals surface area contributed by atoms with Crippen LogP contribution in [0.3, 0.4) is 0 Å². The van der Waals surface area contributed by atoms with Crippen molar-refractivity contribution in [1.82, 2.24) is 19.8 Å². The van der Waals surface area contributed by atoms with Crippen molar-refractivity contribution in [2.45, 2.75) is 109 Å². The number of fused-ring (bicyclic) bond motifs is 5. The third kappa shape index (κ3) is 7.24. The molecule has 46 heavy (non-hydrogen) atoms. The van der Waals surface area contributed by atoms with Crippen LogP contribution in [0.5, 0.6) is 11.6 Å². The van der Waals surface area contributed by atoms with E-state index >= 15 is 0 Å². The molecule has 0 unspecified atom stereocenters. The van der Waals surface area contributed by atoms with Gasteiger partial charge in [0.25, 0.3) is 0 Å². The fraction of sp³-hybridized carbons (Fsp3) is 0.686. The van der Waals surface area contributed by atoms with Crippen LogP contribution in [0.25, 0.3) is 10.9 Å². The van der Waals surface area contributed by atoms with Gasteiger partial charge >= 0.3 is 11.9 Å². The molecule has 4 aliphatic rings. The molecule has 5 atom stereocenters. The SMILES string of the molecule is CN1CCC(Oc2c3c(nc4ccncc24)O[C@@H]2C[C@@H](C(=O)O)N(C2)C(=O)[C@H](C(C)(C)C)CC(=O)O[C@H]2C[C@@H]2CCCCC3)CC1. The number of likely N-dealkylation sites (tertiary alicyclic amines) is 1. The Hall–Kier alpha value is -3.47. The molecule has 11 heteroatoms. The zero-order valence-electron chi connectivity index (χ0n) is 27.6. The number of nitrogens with zero attached hydrogens (tertiary/aromatic N) is 4. The van der Waals surface area contributed by atoms with Gasteiger partial charge in [-0.1, -0.05) is 33.6 Å². The van der Waals surface area contributed by atoms with Crippen LogP contribution >= 0.6 is 0 Å². The smallest absolute Gasteiger partial charge is 0.326 e. The Balaban J connectivity index is 1.36. The second-order valence-corrected chi connectivity index (χ2v) is 14.8. The molecule has 2 bridgehead atoms. The molecular weight excluding hydrogens is 588 g/mol. The molecule has 0 aromatic carbocycles. The number of hydrogen-bond donors (Lipinski definition) is 1. The van der Waals surface area contributed by atoms with Gasteiger partial charge in [-0.3, -0.25) is 14.6 Å². The lowest BCUT2D eigenvalue weighted by molar-refractivity contribution is -0.156. The molecule has 3 fully saturated rings. The molecule has 0 radical (unpaired) electrons. The van der Waals surface area contributed by atoms with E-state index in [2.05, 4.69) is 16.9 Å². The lowest BCUT2D eigenvalue weighted by Crippen LogP contribution is -2.47. The van der Waals surface area contributed by atoms with E-state index in [-0.39, 0.29) is 37.5 Å². The van der Waals surface area contributed by atoms with Crippen LogP contribution in [-0.2, 0) is 25.5 Å². The van der Waals surface area contributed by atoms with E-state index in [1.54, 1.807) is 12.4 Å². The van der Waals surface area contributed by atoms with Crippen molar-refractivity contribution in [2.24, 2.45) is 17.3 Å². The summed E-state index contributed by atoms with van der Waals surface area (Å²) in [6.45, 7) is 7.71. The van der Waals surface area contributed by atoms with Gasteiger partial charge in [-0.2, -0.15) is 0 Å². The van der Waals surface area contributed by atoms with Crippen LogP contribution in [0.15, 0.2) is 18.5 Å². The molecule has 250 valence electrons. The summed E-state index contributed by atoms with van der Waals surface area (Å²) in [5.41, 5.74) is 0.997. The molecule has 1 saturated carbocycles. The highest BCUT2D eigenvalue weighted by Gasteiger charge is 2.47. The first-order valence-electron chi connectivity index (χ1n) is 17.0. The van der Waals surface area contributed by atoms with Gasteiger partial charge in [0.1, 0.15) is 30.1 Å². The average Bonchev–Trinajstić information content (AvgIpc) is 3.59. The molecule has 11 nitrogen and oxygen atoms in total. The van der Waals surface area contributed by atoms with Gasteiger partial charge < -0.3 is 29.1 Å². The zero-order valence-corrected chi connectivity index (χ0v) is 27.6. The van der Waals surface area contributed by atoms with Crippen LogP contribution in [-0.4, -0.2) is 93.8 Å². The highest BCUT2D eigenvalue weighted by Crippen LogP contribution is 2.42. The monoisotopic (exact) mass is 636 g/mol. The number of amides is 1. The molecule has 2 aromatic heterocycles. The number of pyridine rings is 2. The van der Waals surface area contributed by atoms with E-state index in [0.717, 1.165) is 74.7 Å². The molecule has 6 rings (SSSR count). The molecule has 5 heterocycles. The van der Waals surface area contributed by atoms with Gasteiger partial charge in [-0.05, 0) is 63.0 Å². The molecule has 2 saturated heterocycles. The molecule has 3 aliphatic heterocycles. The Morgan fingerprint density at radius 2 is 1.85 bits per heavy atom. The Morgan fingerprint density at radius 1 is 1.07 bits per heavy atom. The third-order valence-corrected chi connectivity index (χ3v) is 10.2. The Bertz CT molecular complexity index is 1450. The molecule has 1 aliphatic carbocycles. The normalized spacial score (nSPS) is 28.8. The quantitative estimate of drug-likeness (QED) is 0.476. The first-order valence-corrected chi connectivity index (χ1v) is 17.0. The summed E-state index contributed by atoms with van der Waals surface area (Å²) in [6.07, 6.45) is 10.1. The Morgan fingerprint density at radius 3 is 2.59 bits per heavy atom. The maximum Gasteiger partial charge on any atom is 0.326 e. The van der Waals surface area contributed by atoms with Crippen LogP contribution in [0.2, 0.25) is 0 Å². The van der Waals surface area contributed by atoms with E-state index in [9.17, 15) is 19.5 Å². The van der Waals surface area contributed by atoms with Crippen LogP contribution in [0, 0.1) is 17.3 Å². The number of ether oxygens (including phenoxy) is 3. The van der Waals surface area contributed by atoms with E-state index in [0.29, 0.717) is 23.7 Å². The minimum absolute atomic E-state index is 0.0546. The summed E-state index contributed by atoms with van der Waals surface area (Å²) >= 11 is 0. The van der Waals surface area contributed by atoms with Gasteiger partial charge in [0.05, 0.1) is 35.3 Å². The van der Waals surface area contributed by atoms with Gasteiger partial charge in [-0.25, -0.2) is 9.78 Å². The van der Waals surface area contributed by atoms with Crippen molar-refractivity contribution in [3.05, 3.63) is 24.0 Å². The molecular formula is C35H48N4O7. The van der Waals surface area contributed by atoms with Crippen molar-refractivity contribution in [3.8, 4) is 11.6 Å². The number of rotatable bonds is 3. The van der Waals surface area contributed by atoms with Crippen LogP contribution in [0.4, 0.5) is 0 Å². The van der Waals surface area contributed by atoms with Gasteiger partial charge in [0, 0.05) is 31.9 Å². The first kappa shape index (κ1) is 32.5. The fourth-order valence-corrected chi connectivity index (χ4v) is 7.24. The highest BCUT2D eigenvalue weighted by molar-refractivity contribution is 5.89. The highest BCUT2D eigenvalue weighted by atomic mass is 16.5. The van der Waals surface area contributed by atoms with E-state index in [1.807, 2.05) is 26.8 Å². The predicted molar refractivity (Wildman–Crippen MR) is 171 cm³/mol. The zero-order chi connectivity index (χ0) is 32.6. The lowest BCUT2D eigenvalue weighted by atomic mass is 9.77. The van der Waals surface area contributed by atoms with E-state index in [1.165, 1.54) is 4.90 Å². The van der Waals surface area contributed by atoms with Crippen molar-refractivity contribution in [1.29, 1.82) is 0 Å². The van der Waals surface area contributed by atoms with Crippen LogP contribution < -0.4 is 9.47 Å². The van der Waals surface area contributed by atoms with Crippen molar-refractivity contribution >= 4 is 28.7 Å². The summed E-state index contributed by atoms with van der Waals surface area (Å²) in [6, 6.07) is 0.770. The van der Waals surface area contributed by atoms with E-state index < -0.39 is 35.4 Å². The standard InChI is InChI=1S/C35H48N4O7/c1-35(2,3)26-18-30(40)46-29-16-21(29)8-6-5-7-9-24-31(44-22-11-14-38(4)15-12-22)25-19-36-13-10-27(25)37-32(24)45-23-17-28(34(42)43)39(20-23)33(26)41/h10,13,19,21-23,26,28-29H,5-9,11-12,14-18,20H2,1-4H3,(H,42,43)/t21-,23+,26+,28-,29-/m0/s1. The topological polar surface area (TPSA) is 131 Å². The fourth-order valence-electron chi connectivity index (χ4n) is 7.24. The molecule has 2 aromatic rings. The second kappa shape index (κ2) is 13.3. The van der Waals surface area contributed by atoms with Crippen molar-refractivity contribution < 1.29 is 33.7 Å². The number of carbonyl (C=O) groups excluding carboxylic acids is 2. The average molecular weight is 637 g/mol. The van der Waals surface area contributed by atoms with Gasteiger partial charge in [0.2, 0.25) is 11.8 Å². The predicted octanol–water partition coefficient (Wildman–Crippen LogP) is 4.64. The number of piperidine rings is 1. The Labute approximate surface area is 271 Å². The lowest BCUT2D eigenvalue weighted by Gasteiger charge is -2.34. The first-order chi connectivity index (χ1) is 22.0. The summed E-state index contributed by atoms with van der Waals surface area (Å²) in [5, 5.41) is 11.1. The number of carboxylic acids is 1. The van der Waals surface area contributed by atoms with Crippen LogP contribution in [0.1, 0.15) is 84.1 Å². The summed E-state index contributed by atoms with van der Waals surface area (Å²) in [4.78, 5) is 52.6. The Kier molecular flexibility index (Phi) is 9.41. The third-order valence-electron chi connectivity index (χ3n) is 10.2.